The van der Waals surface area contributed by atoms with Crippen LogP contribution in [0.1, 0.15) is 65.0 Å². The van der Waals surface area contributed by atoms with Gasteiger partial charge >= 0.3 is 5.97 Å². The Balaban J connectivity index is 2.14. The SMILES string of the molecule is CCCCCC(NS(=O)c1cc(Cl)cc(Cl)c1)c1cccc(OCC(=O)OC(C)(C)C)c1. The third kappa shape index (κ3) is 9.49. The number of nitrogens with one attached hydrogen (secondary N) is 1. The summed E-state index contributed by atoms with van der Waals surface area (Å²) in [7, 11) is -1.50. The number of ether oxygens (including phenoxy) is 2. The van der Waals surface area contributed by atoms with Crippen LogP contribution in [0.4, 0.5) is 0 Å². The largest absolute Gasteiger partial charge is 0.482 e. The second-order valence-corrected chi connectivity index (χ2v) is 10.6. The van der Waals surface area contributed by atoms with Crippen LogP contribution in [0.15, 0.2) is 47.4 Å². The lowest BCUT2D eigenvalue weighted by atomic mass is 10.0. The molecule has 0 radical (unpaired) electrons. The monoisotopic (exact) mass is 499 g/mol. The molecule has 2 rings (SSSR count). The van der Waals surface area contributed by atoms with Crippen molar-refractivity contribution in [2.75, 3.05) is 6.61 Å². The van der Waals surface area contributed by atoms with Crippen molar-refractivity contribution in [2.24, 2.45) is 0 Å². The molecule has 0 aliphatic rings. The number of esters is 1. The number of carbonyl (C=O) groups is 1. The maximum atomic E-state index is 13.0. The van der Waals surface area contributed by atoms with Crippen LogP contribution < -0.4 is 9.46 Å². The van der Waals surface area contributed by atoms with Crippen molar-refractivity contribution < 1.29 is 18.5 Å². The van der Waals surface area contributed by atoms with E-state index < -0.39 is 22.6 Å². The minimum Gasteiger partial charge on any atom is -0.482 e. The summed E-state index contributed by atoms with van der Waals surface area (Å²) in [5, 5.41) is 0.866. The van der Waals surface area contributed by atoms with Gasteiger partial charge in [-0.3, -0.25) is 0 Å². The molecule has 2 unspecified atom stereocenters. The highest BCUT2D eigenvalue weighted by atomic mass is 35.5. The first-order valence-electron chi connectivity index (χ1n) is 10.7. The van der Waals surface area contributed by atoms with Gasteiger partial charge in [-0.2, -0.15) is 0 Å². The molecule has 0 amide bonds. The summed E-state index contributed by atoms with van der Waals surface area (Å²) in [6.07, 6.45) is 3.93. The van der Waals surface area contributed by atoms with E-state index in [-0.39, 0.29) is 12.6 Å². The third-order valence-electron chi connectivity index (χ3n) is 4.43. The Morgan fingerprint density at radius 1 is 1.09 bits per heavy atom. The van der Waals surface area contributed by atoms with E-state index in [1.807, 2.05) is 39.0 Å². The number of hydrogen-bond acceptors (Lipinski definition) is 4. The van der Waals surface area contributed by atoms with Gasteiger partial charge in [-0.05, 0) is 63.1 Å². The highest BCUT2D eigenvalue weighted by Crippen LogP contribution is 2.27. The van der Waals surface area contributed by atoms with Gasteiger partial charge in [-0.1, -0.05) is 61.5 Å². The summed E-state index contributed by atoms with van der Waals surface area (Å²) >= 11 is 12.1. The van der Waals surface area contributed by atoms with Crippen LogP contribution in [0.25, 0.3) is 0 Å². The summed E-state index contributed by atoms with van der Waals surface area (Å²) in [5.41, 5.74) is 0.355. The van der Waals surface area contributed by atoms with Gasteiger partial charge in [0.25, 0.3) is 0 Å². The zero-order valence-corrected chi connectivity index (χ0v) is 21.3. The van der Waals surface area contributed by atoms with E-state index in [2.05, 4.69) is 11.6 Å². The minimum absolute atomic E-state index is 0.176. The Morgan fingerprint density at radius 3 is 2.41 bits per heavy atom. The fraction of sp³-hybridized carbons (Fsp3) is 0.458. The Kier molecular flexibility index (Phi) is 10.5. The van der Waals surface area contributed by atoms with Gasteiger partial charge in [0.1, 0.15) is 22.3 Å². The van der Waals surface area contributed by atoms with E-state index in [0.717, 1.165) is 31.2 Å². The highest BCUT2D eigenvalue weighted by molar-refractivity contribution is 7.83. The summed E-state index contributed by atoms with van der Waals surface area (Å²) in [5.74, 6) is 0.117. The average molecular weight is 500 g/mol. The van der Waals surface area contributed by atoms with Gasteiger partial charge in [0.15, 0.2) is 6.61 Å². The molecule has 0 saturated heterocycles. The molecule has 0 bridgehead atoms. The lowest BCUT2D eigenvalue weighted by molar-refractivity contribution is -0.157. The molecule has 0 heterocycles. The molecule has 8 heteroatoms. The standard InChI is InChI=1S/C24H31Cl2NO4S/c1-5-6-7-11-22(27-32(29)21-14-18(25)13-19(26)15-21)17-9-8-10-20(12-17)30-16-23(28)31-24(2,3)4/h8-10,12-15,22,27H,5-7,11,16H2,1-4H3. The quantitative estimate of drug-likeness (QED) is 0.277. The first-order chi connectivity index (χ1) is 15.1. The topological polar surface area (TPSA) is 64.6 Å². The van der Waals surface area contributed by atoms with E-state index in [1.54, 1.807) is 24.3 Å². The number of hydrogen-bond donors (Lipinski definition) is 1. The summed E-state index contributed by atoms with van der Waals surface area (Å²) in [4.78, 5) is 12.5. The van der Waals surface area contributed by atoms with Crippen LogP contribution in [0.5, 0.6) is 5.75 Å². The number of carbonyl (C=O) groups excluding carboxylic acids is 1. The van der Waals surface area contributed by atoms with Crippen molar-refractivity contribution in [1.29, 1.82) is 0 Å². The lowest BCUT2D eigenvalue weighted by Crippen LogP contribution is -2.27. The molecule has 2 aromatic rings. The lowest BCUT2D eigenvalue weighted by Gasteiger charge is -2.21. The van der Waals surface area contributed by atoms with Gasteiger partial charge in [0, 0.05) is 16.1 Å². The predicted octanol–water partition coefficient (Wildman–Crippen LogP) is 6.65. The first-order valence-corrected chi connectivity index (χ1v) is 12.6. The van der Waals surface area contributed by atoms with Crippen LogP contribution >= 0.6 is 23.2 Å². The molecule has 5 nitrogen and oxygen atoms in total. The molecule has 2 aromatic carbocycles. The van der Waals surface area contributed by atoms with Crippen molar-refractivity contribution in [2.45, 2.75) is 69.9 Å². The smallest absolute Gasteiger partial charge is 0.344 e. The fourth-order valence-corrected chi connectivity index (χ4v) is 4.83. The molecule has 0 aliphatic carbocycles. The van der Waals surface area contributed by atoms with E-state index in [1.165, 1.54) is 0 Å². The Labute approximate surface area is 203 Å². The van der Waals surface area contributed by atoms with Crippen LogP contribution in [0.2, 0.25) is 10.0 Å². The molecule has 0 aromatic heterocycles. The van der Waals surface area contributed by atoms with Gasteiger partial charge in [0.2, 0.25) is 0 Å². The molecule has 0 spiro atoms. The molecule has 2 atom stereocenters. The van der Waals surface area contributed by atoms with Crippen LogP contribution in [0.3, 0.4) is 0 Å². The second-order valence-electron chi connectivity index (χ2n) is 8.49. The van der Waals surface area contributed by atoms with Crippen LogP contribution in [-0.4, -0.2) is 22.4 Å². The molecule has 0 aliphatic heterocycles. The normalized spacial score (nSPS) is 13.4. The maximum Gasteiger partial charge on any atom is 0.344 e. The highest BCUT2D eigenvalue weighted by Gasteiger charge is 2.19. The van der Waals surface area contributed by atoms with E-state index in [4.69, 9.17) is 32.7 Å². The van der Waals surface area contributed by atoms with Crippen LogP contribution in [-0.2, 0) is 20.5 Å². The Morgan fingerprint density at radius 2 is 1.78 bits per heavy atom. The summed E-state index contributed by atoms with van der Waals surface area (Å²) in [6, 6.07) is 12.2. The number of halogens is 2. The average Bonchev–Trinajstić information content (AvgIpc) is 2.70. The number of rotatable bonds is 11. The fourth-order valence-electron chi connectivity index (χ4n) is 3.06. The molecule has 1 N–H and O–H groups in total. The Bertz CT molecular complexity index is 910. The summed E-state index contributed by atoms with van der Waals surface area (Å²) < 4.78 is 27.1. The van der Waals surface area contributed by atoms with Crippen molar-refractivity contribution in [3.05, 3.63) is 58.1 Å². The van der Waals surface area contributed by atoms with Gasteiger partial charge in [-0.15, -0.1) is 0 Å². The van der Waals surface area contributed by atoms with Crippen molar-refractivity contribution in [3.63, 3.8) is 0 Å². The minimum atomic E-state index is -1.50. The zero-order chi connectivity index (χ0) is 23.7. The molecular weight excluding hydrogens is 469 g/mol. The Hall–Kier alpha value is -1.60. The van der Waals surface area contributed by atoms with Gasteiger partial charge in [0.05, 0.1) is 4.90 Å². The van der Waals surface area contributed by atoms with E-state index in [9.17, 15) is 9.00 Å². The molecule has 176 valence electrons. The molecule has 0 saturated carbocycles. The third-order valence-corrected chi connectivity index (χ3v) is 6.03. The molecule has 32 heavy (non-hydrogen) atoms. The molecular formula is C24H31Cl2NO4S. The maximum absolute atomic E-state index is 13.0. The molecule has 0 fully saturated rings. The van der Waals surface area contributed by atoms with Gasteiger partial charge in [-0.25, -0.2) is 13.7 Å². The number of unbranched alkanes of at least 4 members (excludes halogenated alkanes) is 2. The second kappa shape index (κ2) is 12.6. The number of benzene rings is 2. The van der Waals surface area contributed by atoms with Gasteiger partial charge < -0.3 is 9.47 Å². The van der Waals surface area contributed by atoms with Crippen LogP contribution in [0, 0.1) is 0 Å². The zero-order valence-electron chi connectivity index (χ0n) is 19.0. The van der Waals surface area contributed by atoms with Crippen molar-refractivity contribution in [3.8, 4) is 5.75 Å². The predicted molar refractivity (Wildman–Crippen MR) is 131 cm³/mol. The van der Waals surface area contributed by atoms with E-state index in [0.29, 0.717) is 20.7 Å². The van der Waals surface area contributed by atoms with E-state index >= 15 is 0 Å². The summed E-state index contributed by atoms with van der Waals surface area (Å²) in [6.45, 7) is 7.39. The first kappa shape index (κ1) is 26.7. The van der Waals surface area contributed by atoms with Crippen molar-refractivity contribution in [1.82, 2.24) is 4.72 Å². The van der Waals surface area contributed by atoms with Crippen molar-refractivity contribution >= 4 is 40.2 Å².